The van der Waals surface area contributed by atoms with Crippen LogP contribution in [0.1, 0.15) is 56.7 Å². The molecule has 0 saturated carbocycles. The lowest BCUT2D eigenvalue weighted by Gasteiger charge is -2.41. The van der Waals surface area contributed by atoms with Gasteiger partial charge in [-0.25, -0.2) is 14.5 Å². The highest BCUT2D eigenvalue weighted by atomic mass is 16.5. The van der Waals surface area contributed by atoms with E-state index in [-0.39, 0.29) is 24.4 Å². The van der Waals surface area contributed by atoms with Gasteiger partial charge in [0.05, 0.1) is 12.4 Å². The first kappa shape index (κ1) is 23.5. The summed E-state index contributed by atoms with van der Waals surface area (Å²) in [5.74, 6) is 1.30. The summed E-state index contributed by atoms with van der Waals surface area (Å²) in [6.45, 7) is 1.22. The Morgan fingerprint density at radius 2 is 1.95 bits per heavy atom. The number of hydrogen-bond donors (Lipinski definition) is 1. The first-order chi connectivity index (χ1) is 18.5. The highest BCUT2D eigenvalue weighted by Crippen LogP contribution is 2.40. The van der Waals surface area contributed by atoms with Crippen LogP contribution < -0.4 is 9.64 Å². The quantitative estimate of drug-likeness (QED) is 0.532. The minimum absolute atomic E-state index is 0.0211. The van der Waals surface area contributed by atoms with Crippen molar-refractivity contribution in [2.45, 2.75) is 75.9 Å². The first-order valence-corrected chi connectivity index (χ1v) is 13.6. The predicted octanol–water partition coefficient (Wildman–Crippen LogP) is 4.71. The van der Waals surface area contributed by atoms with Crippen molar-refractivity contribution in [1.29, 1.82) is 0 Å². The van der Waals surface area contributed by atoms with E-state index in [2.05, 4.69) is 34.4 Å². The molecule has 3 fully saturated rings. The van der Waals surface area contributed by atoms with Gasteiger partial charge in [0.15, 0.2) is 5.82 Å². The molecule has 2 bridgehead atoms. The van der Waals surface area contributed by atoms with Crippen molar-refractivity contribution in [2.75, 3.05) is 18.6 Å². The Hall–Kier alpha value is -3.66. The average molecular weight is 517 g/mol. The number of benzene rings is 1. The van der Waals surface area contributed by atoms with E-state index < -0.39 is 6.09 Å². The lowest BCUT2D eigenvalue weighted by atomic mass is 9.96. The Kier molecular flexibility index (Phi) is 5.72. The number of rotatable bonds is 4. The molecule has 3 aromatic rings. The van der Waals surface area contributed by atoms with Crippen molar-refractivity contribution in [2.24, 2.45) is 0 Å². The molecule has 3 saturated heterocycles. The summed E-state index contributed by atoms with van der Waals surface area (Å²) in [7, 11) is 2.03. The normalized spacial score (nSPS) is 25.9. The van der Waals surface area contributed by atoms with Crippen LogP contribution in [-0.4, -0.2) is 67.6 Å². The van der Waals surface area contributed by atoms with Gasteiger partial charge in [-0.1, -0.05) is 12.1 Å². The van der Waals surface area contributed by atoms with E-state index in [9.17, 15) is 9.90 Å². The Labute approximate surface area is 221 Å². The second kappa shape index (κ2) is 9.27. The molecule has 3 atom stereocenters. The van der Waals surface area contributed by atoms with Gasteiger partial charge in [-0.3, -0.25) is 0 Å². The molecule has 0 radical (unpaired) electrons. The summed E-state index contributed by atoms with van der Waals surface area (Å²) in [4.78, 5) is 25.1. The van der Waals surface area contributed by atoms with Gasteiger partial charge in [0, 0.05) is 49.1 Å². The molecule has 4 aliphatic rings. The monoisotopic (exact) mass is 516 g/mol. The zero-order valence-corrected chi connectivity index (χ0v) is 21.5. The number of piperidine rings is 1. The summed E-state index contributed by atoms with van der Waals surface area (Å²) < 4.78 is 13.9. The van der Waals surface area contributed by atoms with Crippen LogP contribution in [0, 0.1) is 0 Å². The molecular formula is C28H32N6O4. The molecule has 10 heteroatoms. The van der Waals surface area contributed by atoms with Crippen LogP contribution in [0.4, 0.5) is 10.6 Å². The summed E-state index contributed by atoms with van der Waals surface area (Å²) >= 11 is 0. The van der Waals surface area contributed by atoms with Crippen molar-refractivity contribution >= 4 is 11.9 Å². The van der Waals surface area contributed by atoms with Gasteiger partial charge in [-0.05, 0) is 62.1 Å². The lowest BCUT2D eigenvalue weighted by Crippen LogP contribution is -2.51. The van der Waals surface area contributed by atoms with Gasteiger partial charge in [-0.2, -0.15) is 10.1 Å². The van der Waals surface area contributed by atoms with Crippen LogP contribution in [0.25, 0.3) is 22.4 Å². The Morgan fingerprint density at radius 1 is 1.11 bits per heavy atom. The second-order valence-corrected chi connectivity index (χ2v) is 10.9. The largest absolute Gasteiger partial charge is 0.471 e. The van der Waals surface area contributed by atoms with Gasteiger partial charge < -0.3 is 24.4 Å². The first-order valence-electron chi connectivity index (χ1n) is 13.6. The van der Waals surface area contributed by atoms with Crippen molar-refractivity contribution in [3.63, 3.8) is 0 Å². The zero-order chi connectivity index (χ0) is 25.8. The predicted molar refractivity (Wildman–Crippen MR) is 140 cm³/mol. The fourth-order valence-corrected chi connectivity index (χ4v) is 6.63. The third-order valence-electron chi connectivity index (χ3n) is 8.68. The minimum atomic E-state index is -0.797. The summed E-state index contributed by atoms with van der Waals surface area (Å²) in [6.07, 6.45) is 11.8. The van der Waals surface area contributed by atoms with Crippen LogP contribution >= 0.6 is 0 Å². The van der Waals surface area contributed by atoms with Crippen LogP contribution in [0.5, 0.6) is 5.88 Å². The SMILES string of the molecule is CN(c1cnc2c(n1)OCc1cc(-c3cnn(C4CCCCO4)c3)ccc1-2)C1CC2CCC(C1)N2C(=O)O. The molecular weight excluding hydrogens is 484 g/mol. The van der Waals surface area contributed by atoms with Crippen LogP contribution in [0.15, 0.2) is 36.8 Å². The number of anilines is 1. The highest BCUT2D eigenvalue weighted by molar-refractivity contribution is 5.75. The standard InChI is InChI=1S/C28H32N6O4/c1-32(22-11-20-6-7-21(12-22)34(20)28(35)36)24-14-29-26-23-8-5-17(10-18(23)16-38-27(26)31-24)19-13-30-33(15-19)25-4-2-3-9-37-25/h5,8,10,13-15,20-22,25H,2-4,6-7,9,11-12,16H2,1H3,(H,35,36). The molecule has 10 nitrogen and oxygen atoms in total. The van der Waals surface area contributed by atoms with Crippen molar-refractivity contribution in [3.8, 4) is 28.3 Å². The third-order valence-corrected chi connectivity index (χ3v) is 8.68. The molecule has 3 unspecified atom stereocenters. The molecule has 38 heavy (non-hydrogen) atoms. The van der Waals surface area contributed by atoms with Crippen molar-refractivity contribution in [1.82, 2.24) is 24.6 Å². The summed E-state index contributed by atoms with van der Waals surface area (Å²) in [5, 5.41) is 14.1. The number of hydrogen-bond acceptors (Lipinski definition) is 7. The number of ether oxygens (including phenoxy) is 2. The number of amides is 1. The van der Waals surface area contributed by atoms with E-state index in [1.165, 1.54) is 6.42 Å². The molecule has 2 aromatic heterocycles. The summed E-state index contributed by atoms with van der Waals surface area (Å²) in [5.41, 5.74) is 5.00. The smallest absolute Gasteiger partial charge is 0.407 e. The molecule has 198 valence electrons. The van der Waals surface area contributed by atoms with Crippen molar-refractivity contribution in [3.05, 3.63) is 42.4 Å². The van der Waals surface area contributed by atoms with E-state index in [4.69, 9.17) is 19.4 Å². The zero-order valence-electron chi connectivity index (χ0n) is 21.5. The van der Waals surface area contributed by atoms with Gasteiger partial charge in [0.2, 0.25) is 5.88 Å². The molecule has 0 spiro atoms. The number of carbonyl (C=O) groups is 1. The van der Waals surface area contributed by atoms with Crippen molar-refractivity contribution < 1.29 is 19.4 Å². The number of fused-ring (bicyclic) bond motifs is 5. The second-order valence-electron chi connectivity index (χ2n) is 10.9. The number of aromatic nitrogens is 4. The average Bonchev–Trinajstić information content (AvgIpc) is 3.55. The maximum Gasteiger partial charge on any atom is 0.407 e. The van der Waals surface area contributed by atoms with Crippen LogP contribution in [-0.2, 0) is 11.3 Å². The third kappa shape index (κ3) is 3.98. The molecule has 4 aliphatic heterocycles. The lowest BCUT2D eigenvalue weighted by molar-refractivity contribution is -0.0394. The van der Waals surface area contributed by atoms with Gasteiger partial charge >= 0.3 is 6.09 Å². The molecule has 7 rings (SSSR count). The molecule has 6 heterocycles. The Morgan fingerprint density at radius 3 is 2.71 bits per heavy atom. The number of carboxylic acid groups (broad SMARTS) is 1. The van der Waals surface area contributed by atoms with E-state index in [0.29, 0.717) is 12.5 Å². The molecule has 1 aromatic carbocycles. The topological polar surface area (TPSA) is 106 Å². The molecule has 1 amide bonds. The number of nitrogens with zero attached hydrogens (tertiary/aromatic N) is 6. The molecule has 0 aliphatic carbocycles. The maximum absolute atomic E-state index is 11.7. The van der Waals surface area contributed by atoms with E-state index in [0.717, 1.165) is 78.9 Å². The van der Waals surface area contributed by atoms with Gasteiger partial charge in [0.25, 0.3) is 0 Å². The maximum atomic E-state index is 11.7. The van der Waals surface area contributed by atoms with Crippen LogP contribution in [0.3, 0.4) is 0 Å². The fraction of sp³-hybridized carbons (Fsp3) is 0.500. The van der Waals surface area contributed by atoms with E-state index in [1.807, 2.05) is 24.1 Å². The van der Waals surface area contributed by atoms with E-state index in [1.54, 1.807) is 4.90 Å². The fourth-order valence-electron chi connectivity index (χ4n) is 6.63. The molecule has 1 N–H and O–H groups in total. The highest BCUT2D eigenvalue weighted by Gasteiger charge is 2.44. The Bertz CT molecular complexity index is 1360. The van der Waals surface area contributed by atoms with E-state index >= 15 is 0 Å². The van der Waals surface area contributed by atoms with Gasteiger partial charge in [-0.15, -0.1) is 0 Å². The summed E-state index contributed by atoms with van der Waals surface area (Å²) in [6, 6.07) is 6.75. The van der Waals surface area contributed by atoms with Gasteiger partial charge in [0.1, 0.15) is 18.5 Å². The Balaban J connectivity index is 1.10. The van der Waals surface area contributed by atoms with Crippen LogP contribution in [0.2, 0.25) is 0 Å². The minimum Gasteiger partial charge on any atom is -0.471 e.